The molecule has 0 N–H and O–H groups in total. The Morgan fingerprint density at radius 1 is 0.539 bits per heavy atom. The van der Waals surface area contributed by atoms with Gasteiger partial charge in [-0.3, -0.25) is 0 Å². The van der Waals surface area contributed by atoms with Gasteiger partial charge in [-0.2, -0.15) is 13.2 Å². The first-order valence-electron chi connectivity index (χ1n) is 21.1. The van der Waals surface area contributed by atoms with Gasteiger partial charge in [0.2, 0.25) is 11.9 Å². The van der Waals surface area contributed by atoms with Gasteiger partial charge in [0.05, 0.1) is 0 Å². The fraction of sp³-hybridized carbons (Fsp3) is 0.333. The van der Waals surface area contributed by atoms with Crippen molar-refractivity contribution in [3.05, 3.63) is 149 Å². The zero-order valence-electron chi connectivity index (χ0n) is 41.6. The van der Waals surface area contributed by atoms with E-state index in [1.807, 2.05) is 13.8 Å². The van der Waals surface area contributed by atoms with Crippen molar-refractivity contribution >= 4 is 49.2 Å². The number of carbonyl (C=O) groups is 8. The van der Waals surface area contributed by atoms with Gasteiger partial charge < -0.3 is 75.8 Å². The molecule has 76 heavy (non-hydrogen) atoms. The Balaban J connectivity index is 0.000000436. The topological polar surface area (TPSA) is 284 Å². The van der Waals surface area contributed by atoms with Crippen molar-refractivity contribution in [1.29, 1.82) is 0 Å². The highest BCUT2D eigenvalue weighted by molar-refractivity contribution is 5.68. The van der Waals surface area contributed by atoms with Gasteiger partial charge in [0, 0.05) is 12.8 Å². The van der Waals surface area contributed by atoms with E-state index in [-0.39, 0.29) is 41.9 Å². The van der Waals surface area contributed by atoms with Crippen LogP contribution in [0.4, 0.5) is 55.9 Å². The highest BCUT2D eigenvalue weighted by Gasteiger charge is 2.43. The molecule has 0 aliphatic carbocycles. The summed E-state index contributed by atoms with van der Waals surface area (Å²) in [6.45, 7) is 47.3. The lowest BCUT2D eigenvalue weighted by molar-refractivity contribution is -0.0222. The average molecular weight is 1090 g/mol. The molecule has 8 fully saturated rings. The highest BCUT2D eigenvalue weighted by atomic mass is 19.3. The first kappa shape index (κ1) is 64.8. The SMILES string of the molecule is C=C1OC(=O)OC1(C)F.C=C1OC(=O)OC1C.C=C1OC(=O)OC1C.C=C1OC(=O)OC1C(F)=C(F)F.C=C1OC(=O)OC1CC.C=CC(C)C1OC(=O)OC1=C.C=CC1(C)OC(=O)OC1=C.C=CC1OC(=O)OC1=C. The molecule has 0 aromatic carbocycles. The lowest BCUT2D eigenvalue weighted by atomic mass is 10.0. The molecule has 9 unspecified atom stereocenters. The Hall–Kier alpha value is -9.24. The molecule has 28 heteroatoms. The van der Waals surface area contributed by atoms with Crippen LogP contribution >= 0.6 is 0 Å². The number of cyclic esters (lactones) is 16. The van der Waals surface area contributed by atoms with Gasteiger partial charge in [-0.1, -0.05) is 85.7 Å². The number of ether oxygens (including phenoxy) is 16. The quantitative estimate of drug-likeness (QED) is 0.103. The predicted octanol–water partition coefficient (Wildman–Crippen LogP) is 11.7. The molecular weight excluding hydrogens is 1040 g/mol. The van der Waals surface area contributed by atoms with E-state index in [4.69, 9.17) is 9.47 Å². The largest absolute Gasteiger partial charge is 0.516 e. The van der Waals surface area contributed by atoms with E-state index >= 15 is 0 Å². The second kappa shape index (κ2) is 28.9. The molecule has 0 radical (unpaired) electrons. The zero-order valence-corrected chi connectivity index (χ0v) is 41.6. The third kappa shape index (κ3) is 20.3. The van der Waals surface area contributed by atoms with E-state index in [9.17, 15) is 55.9 Å². The summed E-state index contributed by atoms with van der Waals surface area (Å²) in [6.07, 6.45) is -6.91. The van der Waals surface area contributed by atoms with E-state index < -0.39 is 90.6 Å². The highest BCUT2D eigenvalue weighted by Crippen LogP contribution is 2.31. The Labute approximate surface area is 430 Å². The van der Waals surface area contributed by atoms with Crippen molar-refractivity contribution in [1.82, 2.24) is 0 Å². The van der Waals surface area contributed by atoms with Gasteiger partial charge in [-0.05, 0) is 39.3 Å². The molecule has 24 nitrogen and oxygen atoms in total. The minimum absolute atomic E-state index is 0.0500. The van der Waals surface area contributed by atoms with Crippen LogP contribution in [0.25, 0.3) is 0 Å². The maximum Gasteiger partial charge on any atom is 0.516 e. The molecular formula is C48H52F4O24. The van der Waals surface area contributed by atoms with Crippen LogP contribution in [-0.2, 0) is 75.8 Å². The molecule has 8 rings (SSSR count). The lowest BCUT2D eigenvalue weighted by Crippen LogP contribution is -2.21. The van der Waals surface area contributed by atoms with Crippen molar-refractivity contribution in [3.8, 4) is 0 Å². The Morgan fingerprint density at radius 2 is 0.961 bits per heavy atom. The van der Waals surface area contributed by atoms with Gasteiger partial charge in [0.1, 0.15) is 28.8 Å². The Bertz CT molecular complexity index is 2420. The molecule has 0 bridgehead atoms. The number of halogens is 4. The van der Waals surface area contributed by atoms with Crippen molar-refractivity contribution in [2.24, 2.45) is 5.92 Å². The number of hydrogen-bond acceptors (Lipinski definition) is 24. The van der Waals surface area contributed by atoms with E-state index in [1.165, 1.54) is 12.2 Å². The molecule has 8 aliphatic heterocycles. The third-order valence-corrected chi connectivity index (χ3v) is 9.19. The molecule has 0 amide bonds. The zero-order chi connectivity index (χ0) is 58.6. The van der Waals surface area contributed by atoms with Crippen LogP contribution in [0.15, 0.2) is 149 Å². The van der Waals surface area contributed by atoms with E-state index in [1.54, 1.807) is 26.8 Å². The molecule has 0 saturated carbocycles. The first-order valence-corrected chi connectivity index (χ1v) is 21.1. The molecule has 0 aromatic rings. The van der Waals surface area contributed by atoms with Crippen molar-refractivity contribution in [2.75, 3.05) is 0 Å². The Kier molecular flexibility index (Phi) is 24.6. The average Bonchev–Trinajstić information content (AvgIpc) is 4.21. The minimum Gasteiger partial charge on any atom is -0.423 e. The van der Waals surface area contributed by atoms with Crippen LogP contribution in [0.3, 0.4) is 0 Å². The monoisotopic (exact) mass is 1090 g/mol. The summed E-state index contributed by atoms with van der Waals surface area (Å²) in [5, 5.41) is 0. The summed E-state index contributed by atoms with van der Waals surface area (Å²) >= 11 is 0. The molecule has 0 spiro atoms. The van der Waals surface area contributed by atoms with Crippen LogP contribution in [0.1, 0.15) is 48.0 Å². The third-order valence-electron chi connectivity index (χ3n) is 9.19. The summed E-state index contributed by atoms with van der Waals surface area (Å²) < 4.78 is 119. The van der Waals surface area contributed by atoms with Gasteiger partial charge >= 0.3 is 61.2 Å². The second-order valence-corrected chi connectivity index (χ2v) is 14.9. The van der Waals surface area contributed by atoms with E-state index in [2.05, 4.69) is 139 Å². The maximum atomic E-state index is 12.6. The standard InChI is InChI=1S/C8H10O3.C7H8O3.C6H3F3O3.C6H8O3.C6H6O3.C5H5FO3.2C5H6O3/c1-4-5(2)7-6(3)10-8(9)11-7;1-4-7(3)5(2)9-6(8)10-7;1-2-4(3(7)5(8)9)12-6(10)11-2;2*1-3-5-4(2)8-6(7)9-5;1-3-5(2,6)9-4(7)8-3;2*1-3-4(2)8-5(6)7-3/h4-5,7H,1,3H2,2H3;4H,1-2H2,3H3;4H,1H2;5H,2-3H2,1H3;3,5H,1-2H2;1H2,2H3;2*4H,1H2,2H3. The molecule has 8 aliphatic rings. The summed E-state index contributed by atoms with van der Waals surface area (Å²) in [4.78, 5) is 82.3. The fourth-order valence-corrected chi connectivity index (χ4v) is 4.63. The van der Waals surface area contributed by atoms with E-state index in [0.717, 1.165) is 13.3 Å². The summed E-state index contributed by atoms with van der Waals surface area (Å²) in [5.74, 6) is -2.59. The van der Waals surface area contributed by atoms with Crippen LogP contribution in [0.5, 0.6) is 0 Å². The van der Waals surface area contributed by atoms with Crippen LogP contribution < -0.4 is 0 Å². The van der Waals surface area contributed by atoms with Gasteiger partial charge in [0.15, 0.2) is 53.4 Å². The van der Waals surface area contributed by atoms with Crippen LogP contribution in [0.2, 0.25) is 0 Å². The van der Waals surface area contributed by atoms with Gasteiger partial charge in [-0.25, -0.2) is 42.7 Å². The van der Waals surface area contributed by atoms with Gasteiger partial charge in [0.25, 0.3) is 0 Å². The molecule has 8 saturated heterocycles. The number of hydrogen-bond donors (Lipinski definition) is 0. The normalized spacial score (nSPS) is 27.1. The second-order valence-electron chi connectivity index (χ2n) is 14.9. The molecule has 9 atom stereocenters. The summed E-state index contributed by atoms with van der Waals surface area (Å²) in [5.41, 5.74) is -0.836. The number of alkyl halides is 1. The lowest BCUT2D eigenvalue weighted by Gasteiger charge is -2.13. The van der Waals surface area contributed by atoms with Crippen LogP contribution in [0, 0.1) is 5.92 Å². The molecule has 8 heterocycles. The van der Waals surface area contributed by atoms with E-state index in [0.29, 0.717) is 28.8 Å². The van der Waals surface area contributed by atoms with Gasteiger partial charge in [-0.15, -0.1) is 6.58 Å². The first-order chi connectivity index (χ1) is 35.1. The number of rotatable bonds is 6. The van der Waals surface area contributed by atoms with Crippen LogP contribution in [-0.4, -0.2) is 97.3 Å². The summed E-state index contributed by atoms with van der Waals surface area (Å²) in [7, 11) is 0. The molecule has 416 valence electrons. The minimum atomic E-state index is -2.56. The number of carbonyl (C=O) groups excluding carboxylic acids is 8. The van der Waals surface area contributed by atoms with Crippen molar-refractivity contribution < 1.29 is 132 Å². The van der Waals surface area contributed by atoms with Crippen molar-refractivity contribution in [3.63, 3.8) is 0 Å². The predicted molar refractivity (Wildman–Crippen MR) is 246 cm³/mol. The van der Waals surface area contributed by atoms with Crippen molar-refractivity contribution in [2.45, 2.75) is 96.0 Å². The summed E-state index contributed by atoms with van der Waals surface area (Å²) in [6, 6.07) is 0. The smallest absolute Gasteiger partial charge is 0.423 e. The fourth-order valence-electron chi connectivity index (χ4n) is 4.63. The maximum absolute atomic E-state index is 12.6. The molecule has 0 aromatic heterocycles. The Morgan fingerprint density at radius 3 is 1.17 bits per heavy atom.